The van der Waals surface area contributed by atoms with Crippen molar-refractivity contribution < 1.29 is 14.4 Å². The highest BCUT2D eigenvalue weighted by molar-refractivity contribution is 6.56. The molecule has 0 radical (unpaired) electrons. The molecule has 0 aromatic carbocycles. The van der Waals surface area contributed by atoms with Crippen LogP contribution in [-0.4, -0.2) is 28.1 Å². The van der Waals surface area contributed by atoms with Crippen LogP contribution in [0.15, 0.2) is 0 Å². The van der Waals surface area contributed by atoms with E-state index in [1.165, 1.54) is 89.9 Å². The van der Waals surface area contributed by atoms with Gasteiger partial charge >= 0.3 is 8.80 Å². The van der Waals surface area contributed by atoms with Crippen LogP contribution in [0.5, 0.6) is 0 Å². The summed E-state index contributed by atoms with van der Waals surface area (Å²) < 4.78 is 0. The van der Waals surface area contributed by atoms with Crippen molar-refractivity contribution in [3.05, 3.63) is 0 Å². The maximum Gasteiger partial charge on any atom is 0.492 e. The first-order valence-electron chi connectivity index (χ1n) is 12.7. The fraction of sp³-hybridized carbons (Fsp3) is 1.00. The van der Waals surface area contributed by atoms with Crippen LogP contribution in [-0.2, 0) is 0 Å². The third-order valence-electron chi connectivity index (χ3n) is 6.09. The fourth-order valence-electron chi connectivity index (χ4n) is 4.17. The summed E-state index contributed by atoms with van der Waals surface area (Å²) in [7, 11) is -3.94. The van der Waals surface area contributed by atoms with Gasteiger partial charge in [-0.15, -0.1) is 11.6 Å². The van der Waals surface area contributed by atoms with E-state index in [0.717, 1.165) is 32.1 Å². The zero-order valence-electron chi connectivity index (χ0n) is 19.6. The van der Waals surface area contributed by atoms with E-state index in [4.69, 9.17) is 11.6 Å². The maximum absolute atomic E-state index is 9.29. The van der Waals surface area contributed by atoms with E-state index in [0.29, 0.717) is 6.42 Å². The van der Waals surface area contributed by atoms with Crippen molar-refractivity contribution >= 4 is 20.4 Å². The Kier molecular flexibility index (Phi) is 19.4. The van der Waals surface area contributed by atoms with E-state index in [9.17, 15) is 14.4 Å². The van der Waals surface area contributed by atoms with Crippen LogP contribution in [0.25, 0.3) is 0 Å². The van der Waals surface area contributed by atoms with Crippen molar-refractivity contribution in [2.24, 2.45) is 0 Å². The van der Waals surface area contributed by atoms with Crippen LogP contribution < -0.4 is 0 Å². The standard InChI is InChI=1S/C24H51ClO3Si/c1-3-5-7-9-11-13-15-17-20-24(25,22-19-23-29(26,27)28)21-18-16-14-12-10-8-6-4-2/h26-28H,3-23H2,1-2H3. The first-order valence-corrected chi connectivity index (χ1v) is 15.1. The summed E-state index contributed by atoms with van der Waals surface area (Å²) >= 11 is 7.00. The fourth-order valence-corrected chi connectivity index (χ4v) is 5.22. The molecule has 0 amide bonds. The molecule has 3 nitrogen and oxygen atoms in total. The SMILES string of the molecule is CCCCCCCCCCC(Cl)(CCCCCCCCCC)CCC[Si](O)(O)O. The Hall–Kier alpha value is 0.387. The number of unbranched alkanes of at least 4 members (excludes halogenated alkanes) is 14. The lowest BCUT2D eigenvalue weighted by Crippen LogP contribution is -2.35. The summed E-state index contributed by atoms with van der Waals surface area (Å²) in [6.45, 7) is 4.51. The van der Waals surface area contributed by atoms with Crippen LogP contribution in [0.4, 0.5) is 0 Å². The zero-order chi connectivity index (χ0) is 21.8. The van der Waals surface area contributed by atoms with Gasteiger partial charge < -0.3 is 14.4 Å². The van der Waals surface area contributed by atoms with Gasteiger partial charge in [0, 0.05) is 10.9 Å². The molecular weight excluding hydrogens is 400 g/mol. The van der Waals surface area contributed by atoms with Crippen LogP contribution in [0.1, 0.15) is 142 Å². The normalized spacial score (nSPS) is 12.6. The number of halogens is 1. The minimum Gasteiger partial charge on any atom is -0.390 e. The lowest BCUT2D eigenvalue weighted by atomic mass is 9.89. The summed E-state index contributed by atoms with van der Waals surface area (Å²) in [6, 6.07) is 0.107. The molecule has 0 spiro atoms. The van der Waals surface area contributed by atoms with Crippen molar-refractivity contribution in [3.63, 3.8) is 0 Å². The molecule has 0 saturated carbocycles. The molecule has 0 aliphatic heterocycles. The molecule has 0 rings (SSSR count). The van der Waals surface area contributed by atoms with E-state index < -0.39 is 8.80 Å². The Labute approximate surface area is 188 Å². The van der Waals surface area contributed by atoms with Gasteiger partial charge in [0.2, 0.25) is 0 Å². The zero-order valence-corrected chi connectivity index (χ0v) is 21.3. The molecule has 0 heterocycles. The summed E-state index contributed by atoms with van der Waals surface area (Å²) in [5, 5.41) is 0. The molecule has 176 valence electrons. The smallest absolute Gasteiger partial charge is 0.390 e. The topological polar surface area (TPSA) is 60.7 Å². The van der Waals surface area contributed by atoms with Crippen LogP contribution in [0.3, 0.4) is 0 Å². The predicted octanol–water partition coefficient (Wildman–Crippen LogP) is 7.72. The molecule has 0 unspecified atom stereocenters. The van der Waals surface area contributed by atoms with Gasteiger partial charge in [-0.1, -0.05) is 117 Å². The molecule has 0 saturated heterocycles. The van der Waals surface area contributed by atoms with Gasteiger partial charge in [-0.05, 0) is 25.7 Å². The lowest BCUT2D eigenvalue weighted by Gasteiger charge is -2.28. The highest BCUT2D eigenvalue weighted by Gasteiger charge is 2.30. The largest absolute Gasteiger partial charge is 0.492 e. The molecule has 3 N–H and O–H groups in total. The van der Waals surface area contributed by atoms with E-state index in [-0.39, 0.29) is 10.9 Å². The Morgan fingerprint density at radius 1 is 0.517 bits per heavy atom. The molecule has 0 atom stereocenters. The highest BCUT2D eigenvalue weighted by Crippen LogP contribution is 2.35. The van der Waals surface area contributed by atoms with Gasteiger partial charge in [-0.25, -0.2) is 0 Å². The minimum atomic E-state index is -3.94. The van der Waals surface area contributed by atoms with E-state index >= 15 is 0 Å². The van der Waals surface area contributed by atoms with Crippen molar-refractivity contribution in [2.45, 2.75) is 153 Å². The highest BCUT2D eigenvalue weighted by atomic mass is 35.5. The summed E-state index contributed by atoms with van der Waals surface area (Å²) in [5.41, 5.74) is 0. The van der Waals surface area contributed by atoms with Crippen LogP contribution in [0, 0.1) is 0 Å². The average molecular weight is 451 g/mol. The van der Waals surface area contributed by atoms with Gasteiger partial charge in [-0.2, -0.15) is 0 Å². The van der Waals surface area contributed by atoms with Crippen LogP contribution >= 0.6 is 11.6 Å². The number of rotatable bonds is 22. The summed E-state index contributed by atoms with van der Waals surface area (Å²) in [5.74, 6) is 0. The third kappa shape index (κ3) is 21.4. The first kappa shape index (κ1) is 29.4. The van der Waals surface area contributed by atoms with E-state index in [1.807, 2.05) is 0 Å². The monoisotopic (exact) mass is 450 g/mol. The quantitative estimate of drug-likeness (QED) is 0.0897. The molecule has 0 fully saturated rings. The molecule has 0 aliphatic carbocycles. The Morgan fingerprint density at radius 3 is 1.17 bits per heavy atom. The van der Waals surface area contributed by atoms with Gasteiger partial charge in [-0.3, -0.25) is 0 Å². The minimum absolute atomic E-state index is 0.107. The van der Waals surface area contributed by atoms with Crippen molar-refractivity contribution in [2.75, 3.05) is 0 Å². The maximum atomic E-state index is 9.29. The second kappa shape index (κ2) is 19.1. The lowest BCUT2D eigenvalue weighted by molar-refractivity contribution is 0.224. The van der Waals surface area contributed by atoms with Gasteiger partial charge in [0.1, 0.15) is 0 Å². The number of hydrogen-bond acceptors (Lipinski definition) is 3. The van der Waals surface area contributed by atoms with Crippen LogP contribution in [0.2, 0.25) is 6.04 Å². The summed E-state index contributed by atoms with van der Waals surface area (Å²) in [6.07, 6.45) is 24.2. The Morgan fingerprint density at radius 2 is 0.828 bits per heavy atom. The van der Waals surface area contributed by atoms with Gasteiger partial charge in [0.15, 0.2) is 0 Å². The molecule has 0 aromatic heterocycles. The van der Waals surface area contributed by atoms with Crippen molar-refractivity contribution in [1.82, 2.24) is 0 Å². The third-order valence-corrected chi connectivity index (χ3v) is 7.69. The summed E-state index contributed by atoms with van der Waals surface area (Å²) in [4.78, 5) is 27.6. The molecular formula is C24H51ClO3Si. The Balaban J connectivity index is 4.08. The van der Waals surface area contributed by atoms with Crippen molar-refractivity contribution in [3.8, 4) is 0 Å². The van der Waals surface area contributed by atoms with E-state index in [2.05, 4.69) is 13.8 Å². The molecule has 29 heavy (non-hydrogen) atoms. The molecule has 0 aromatic rings. The Bertz CT molecular complexity index is 328. The number of alkyl halides is 1. The molecule has 0 bridgehead atoms. The van der Waals surface area contributed by atoms with Gasteiger partial charge in [0.05, 0.1) is 0 Å². The first-order chi connectivity index (χ1) is 13.8. The average Bonchev–Trinajstić information content (AvgIpc) is 2.65. The molecule has 0 aliphatic rings. The predicted molar refractivity (Wildman–Crippen MR) is 129 cm³/mol. The molecule has 5 heteroatoms. The van der Waals surface area contributed by atoms with Gasteiger partial charge in [0.25, 0.3) is 0 Å². The van der Waals surface area contributed by atoms with Crippen molar-refractivity contribution in [1.29, 1.82) is 0 Å². The second-order valence-corrected chi connectivity index (χ2v) is 12.1. The second-order valence-electron chi connectivity index (χ2n) is 9.23. The number of hydrogen-bond donors (Lipinski definition) is 3. The van der Waals surface area contributed by atoms with E-state index in [1.54, 1.807) is 0 Å².